The van der Waals surface area contributed by atoms with Crippen LogP contribution >= 0.6 is 0 Å². The van der Waals surface area contributed by atoms with Gasteiger partial charge in [0.15, 0.2) is 0 Å². The average Bonchev–Trinajstić information content (AvgIpc) is 2.90. The quantitative estimate of drug-likeness (QED) is 0.455. The Bertz CT molecular complexity index is 1110. The highest BCUT2D eigenvalue weighted by atomic mass is 14.9. The van der Waals surface area contributed by atoms with Crippen molar-refractivity contribution < 1.29 is 0 Å². The van der Waals surface area contributed by atoms with Crippen molar-refractivity contribution >= 4 is 10.8 Å². The Hall–Kier alpha value is -3.00. The van der Waals surface area contributed by atoms with Gasteiger partial charge in [0, 0.05) is 16.5 Å². The van der Waals surface area contributed by atoms with E-state index in [1.165, 1.54) is 27.5 Å². The van der Waals surface area contributed by atoms with E-state index in [0.717, 1.165) is 17.0 Å². The Balaban J connectivity index is 1.91. The lowest BCUT2D eigenvalue weighted by atomic mass is 9.82. The molecule has 0 fully saturated rings. The molecule has 0 saturated heterocycles. The predicted molar refractivity (Wildman–Crippen MR) is 103 cm³/mol. The largest absolute Gasteiger partial charge is 0.240 e. The molecule has 1 heterocycles. The molecule has 0 amide bonds. The molecule has 0 N–H and O–H groups in total. The van der Waals surface area contributed by atoms with Crippen molar-refractivity contribution in [1.29, 1.82) is 0 Å². The lowest BCUT2D eigenvalue weighted by Gasteiger charge is -2.21. The van der Waals surface area contributed by atoms with Gasteiger partial charge >= 0.3 is 0 Å². The number of aromatic nitrogens is 2. The summed E-state index contributed by atoms with van der Waals surface area (Å²) in [6, 6.07) is 23.5. The Morgan fingerprint density at radius 2 is 1.52 bits per heavy atom. The first-order valence-corrected chi connectivity index (χ1v) is 8.61. The summed E-state index contributed by atoms with van der Waals surface area (Å²) in [5.74, 6) is 0. The van der Waals surface area contributed by atoms with Gasteiger partial charge in [-0.2, -0.15) is 0 Å². The molecule has 120 valence electrons. The van der Waals surface area contributed by atoms with Crippen molar-refractivity contribution in [3.05, 3.63) is 84.3 Å². The summed E-state index contributed by atoms with van der Waals surface area (Å²) >= 11 is 0. The Morgan fingerprint density at radius 3 is 2.36 bits per heavy atom. The van der Waals surface area contributed by atoms with Gasteiger partial charge in [-0.25, -0.2) is 9.97 Å². The molecule has 0 spiro atoms. The Labute approximate surface area is 147 Å². The zero-order valence-electron chi connectivity index (χ0n) is 14.3. The van der Waals surface area contributed by atoms with Crippen LogP contribution in [0.3, 0.4) is 0 Å². The molecule has 1 aliphatic rings. The van der Waals surface area contributed by atoms with Crippen LogP contribution in [0.25, 0.3) is 33.2 Å². The van der Waals surface area contributed by atoms with Crippen LogP contribution in [0.1, 0.15) is 25.1 Å². The van der Waals surface area contributed by atoms with Crippen LogP contribution < -0.4 is 0 Å². The molecular formula is C23H18N2. The number of rotatable bonds is 1. The van der Waals surface area contributed by atoms with Crippen molar-refractivity contribution in [3.63, 3.8) is 0 Å². The molecule has 0 bridgehead atoms. The highest BCUT2D eigenvalue weighted by molar-refractivity contribution is 5.99. The van der Waals surface area contributed by atoms with E-state index in [9.17, 15) is 0 Å². The minimum Gasteiger partial charge on any atom is -0.240 e. The summed E-state index contributed by atoms with van der Waals surface area (Å²) in [6.07, 6.45) is 1.71. The molecule has 3 aromatic carbocycles. The highest BCUT2D eigenvalue weighted by Gasteiger charge is 2.40. The van der Waals surface area contributed by atoms with Crippen LogP contribution in [0, 0.1) is 0 Å². The smallest absolute Gasteiger partial charge is 0.116 e. The van der Waals surface area contributed by atoms with E-state index in [4.69, 9.17) is 4.98 Å². The van der Waals surface area contributed by atoms with Crippen molar-refractivity contribution in [2.24, 2.45) is 0 Å². The van der Waals surface area contributed by atoms with Gasteiger partial charge in [-0.1, -0.05) is 80.6 Å². The number of benzene rings is 3. The molecule has 0 aliphatic heterocycles. The van der Waals surface area contributed by atoms with Crippen molar-refractivity contribution in [2.45, 2.75) is 19.3 Å². The fourth-order valence-corrected chi connectivity index (χ4v) is 4.20. The molecular weight excluding hydrogens is 304 g/mol. The van der Waals surface area contributed by atoms with Gasteiger partial charge in [0.05, 0.1) is 11.4 Å². The maximum Gasteiger partial charge on any atom is 0.116 e. The van der Waals surface area contributed by atoms with Gasteiger partial charge in [0.25, 0.3) is 0 Å². The molecule has 0 radical (unpaired) electrons. The number of hydrogen-bond acceptors (Lipinski definition) is 2. The molecule has 4 aromatic rings. The van der Waals surface area contributed by atoms with Gasteiger partial charge in [-0.3, -0.25) is 0 Å². The lowest BCUT2D eigenvalue weighted by molar-refractivity contribution is 0.640. The van der Waals surface area contributed by atoms with Crippen LogP contribution in [0.15, 0.2) is 73.1 Å². The second-order valence-corrected chi connectivity index (χ2v) is 7.15. The van der Waals surface area contributed by atoms with E-state index in [-0.39, 0.29) is 5.41 Å². The fraction of sp³-hybridized carbons (Fsp3) is 0.130. The van der Waals surface area contributed by atoms with E-state index in [2.05, 4.69) is 79.5 Å². The summed E-state index contributed by atoms with van der Waals surface area (Å²) in [7, 11) is 0. The fourth-order valence-electron chi connectivity index (χ4n) is 4.20. The first-order valence-electron chi connectivity index (χ1n) is 8.61. The molecule has 0 unspecified atom stereocenters. The lowest BCUT2D eigenvalue weighted by Crippen LogP contribution is -2.17. The van der Waals surface area contributed by atoms with Gasteiger partial charge in [-0.05, 0) is 21.9 Å². The monoisotopic (exact) mass is 322 g/mol. The number of hydrogen-bond donors (Lipinski definition) is 0. The predicted octanol–water partition coefficient (Wildman–Crippen LogP) is 5.60. The van der Waals surface area contributed by atoms with E-state index < -0.39 is 0 Å². The van der Waals surface area contributed by atoms with E-state index in [0.29, 0.717) is 0 Å². The van der Waals surface area contributed by atoms with Gasteiger partial charge < -0.3 is 0 Å². The summed E-state index contributed by atoms with van der Waals surface area (Å²) in [4.78, 5) is 9.36. The summed E-state index contributed by atoms with van der Waals surface area (Å²) in [6.45, 7) is 4.54. The summed E-state index contributed by atoms with van der Waals surface area (Å²) < 4.78 is 0. The van der Waals surface area contributed by atoms with Crippen LogP contribution in [0.4, 0.5) is 0 Å². The molecule has 25 heavy (non-hydrogen) atoms. The standard InChI is InChI=1S/C23H18N2/c1-23(2)20-17-11-7-6-8-15(17)12-13-18(20)19-21(24-14-25-22(19)23)16-9-4-3-5-10-16/h3-14H,1-2H3. The second-order valence-electron chi connectivity index (χ2n) is 7.15. The van der Waals surface area contributed by atoms with E-state index >= 15 is 0 Å². The van der Waals surface area contributed by atoms with Crippen molar-refractivity contribution in [2.75, 3.05) is 0 Å². The summed E-state index contributed by atoms with van der Waals surface area (Å²) in [5, 5.41) is 2.58. The molecule has 2 nitrogen and oxygen atoms in total. The van der Waals surface area contributed by atoms with E-state index in [1.54, 1.807) is 6.33 Å². The first-order chi connectivity index (χ1) is 12.2. The number of fused-ring (bicyclic) bond motifs is 5. The minimum atomic E-state index is -0.141. The molecule has 0 saturated carbocycles. The SMILES string of the molecule is CC1(C)c2ncnc(-c3ccccc3)c2-c2ccc3ccccc3c21. The maximum absolute atomic E-state index is 4.71. The first kappa shape index (κ1) is 14.4. The van der Waals surface area contributed by atoms with Gasteiger partial charge in [-0.15, -0.1) is 0 Å². The zero-order valence-corrected chi connectivity index (χ0v) is 14.3. The minimum absolute atomic E-state index is 0.141. The number of nitrogens with zero attached hydrogens (tertiary/aromatic N) is 2. The van der Waals surface area contributed by atoms with Crippen LogP contribution in [0.2, 0.25) is 0 Å². The maximum atomic E-state index is 4.71. The normalized spacial score (nSPS) is 14.3. The van der Waals surface area contributed by atoms with Crippen LogP contribution in [-0.4, -0.2) is 9.97 Å². The summed E-state index contributed by atoms with van der Waals surface area (Å²) in [5.41, 5.74) is 6.94. The third-order valence-electron chi connectivity index (χ3n) is 5.31. The molecule has 1 aromatic heterocycles. The van der Waals surface area contributed by atoms with Crippen molar-refractivity contribution in [3.8, 4) is 22.4 Å². The van der Waals surface area contributed by atoms with Crippen molar-refractivity contribution in [1.82, 2.24) is 9.97 Å². The van der Waals surface area contributed by atoms with Gasteiger partial charge in [0.1, 0.15) is 6.33 Å². The zero-order chi connectivity index (χ0) is 17.0. The molecule has 5 rings (SSSR count). The van der Waals surface area contributed by atoms with Gasteiger partial charge in [0.2, 0.25) is 0 Å². The molecule has 1 aliphatic carbocycles. The Morgan fingerprint density at radius 1 is 0.760 bits per heavy atom. The highest BCUT2D eigenvalue weighted by Crippen LogP contribution is 2.52. The third kappa shape index (κ3) is 1.91. The molecule has 2 heteroatoms. The van der Waals surface area contributed by atoms with Crippen LogP contribution in [0.5, 0.6) is 0 Å². The molecule has 0 atom stereocenters. The second kappa shape index (κ2) is 5.00. The third-order valence-corrected chi connectivity index (χ3v) is 5.31. The topological polar surface area (TPSA) is 25.8 Å². The average molecular weight is 322 g/mol. The van der Waals surface area contributed by atoms with E-state index in [1.807, 2.05) is 6.07 Å². The van der Waals surface area contributed by atoms with Crippen LogP contribution in [-0.2, 0) is 5.41 Å². The Kier molecular flexibility index (Phi) is 2.87.